The van der Waals surface area contributed by atoms with E-state index in [0.29, 0.717) is 45.4 Å². The zero-order chi connectivity index (χ0) is 20.5. The number of benzene rings is 1. The molecule has 0 spiro atoms. The Hall–Kier alpha value is -2.52. The molecular formula is C20H20FN5OS2. The van der Waals surface area contributed by atoms with Crippen molar-refractivity contribution >= 4 is 28.1 Å². The van der Waals surface area contributed by atoms with Crippen LogP contribution in [0.5, 0.6) is 0 Å². The van der Waals surface area contributed by atoms with Crippen LogP contribution in [0.2, 0.25) is 0 Å². The van der Waals surface area contributed by atoms with Crippen LogP contribution in [-0.4, -0.2) is 24.1 Å². The van der Waals surface area contributed by atoms with Gasteiger partial charge in [-0.25, -0.2) is 9.37 Å². The number of rotatable bonds is 6. The predicted molar refractivity (Wildman–Crippen MR) is 114 cm³/mol. The van der Waals surface area contributed by atoms with Crippen LogP contribution in [0.15, 0.2) is 45.7 Å². The third-order valence-electron chi connectivity index (χ3n) is 4.36. The minimum Gasteiger partial charge on any atom is -0.302 e. The molecule has 0 saturated heterocycles. The lowest BCUT2D eigenvalue weighted by atomic mass is 10.2. The third-order valence-corrected chi connectivity index (χ3v) is 6.30. The highest BCUT2D eigenvalue weighted by molar-refractivity contribution is 7.98. The first-order valence-electron chi connectivity index (χ1n) is 9.21. The molecule has 0 saturated carbocycles. The molecule has 0 N–H and O–H groups in total. The molecule has 3 heterocycles. The molecule has 9 heteroatoms. The van der Waals surface area contributed by atoms with E-state index in [1.165, 1.54) is 29.2 Å². The average Bonchev–Trinajstić information content (AvgIpc) is 3.24. The highest BCUT2D eigenvalue weighted by Gasteiger charge is 2.18. The molecule has 0 bridgehead atoms. The van der Waals surface area contributed by atoms with Gasteiger partial charge in [-0.05, 0) is 25.0 Å². The Kier molecular flexibility index (Phi) is 5.51. The maximum absolute atomic E-state index is 14.3. The van der Waals surface area contributed by atoms with Crippen LogP contribution in [0.4, 0.5) is 4.39 Å². The Bertz CT molecular complexity index is 1230. The number of fused-ring (bicyclic) bond motifs is 1. The molecule has 4 rings (SSSR count). The van der Waals surface area contributed by atoms with E-state index < -0.39 is 0 Å². The summed E-state index contributed by atoms with van der Waals surface area (Å²) in [6, 6.07) is 8.13. The fourth-order valence-corrected chi connectivity index (χ4v) is 4.81. The first-order chi connectivity index (χ1) is 13.9. The molecule has 4 aromatic rings. The maximum Gasteiger partial charge on any atom is 0.258 e. The third kappa shape index (κ3) is 3.97. The van der Waals surface area contributed by atoms with Crippen LogP contribution in [0.25, 0.3) is 16.3 Å². The van der Waals surface area contributed by atoms with Gasteiger partial charge >= 0.3 is 0 Å². The molecule has 0 atom stereocenters. The van der Waals surface area contributed by atoms with Crippen LogP contribution in [-0.2, 0) is 12.3 Å². The first-order valence-corrected chi connectivity index (χ1v) is 11.1. The van der Waals surface area contributed by atoms with Crippen LogP contribution in [0.1, 0.15) is 25.2 Å². The Balaban J connectivity index is 1.65. The molecule has 0 unspecified atom stereocenters. The average molecular weight is 430 g/mol. The largest absolute Gasteiger partial charge is 0.302 e. The van der Waals surface area contributed by atoms with E-state index in [9.17, 15) is 9.18 Å². The van der Waals surface area contributed by atoms with Crippen molar-refractivity contribution in [3.05, 3.63) is 63.3 Å². The SMILES string of the molecule is Cc1csc2nc(CSc3nnc(-c4ccccc4F)n3CC(C)C)cc(=O)n12. The van der Waals surface area contributed by atoms with Gasteiger partial charge in [0.15, 0.2) is 15.9 Å². The van der Waals surface area contributed by atoms with Crippen LogP contribution in [0, 0.1) is 18.7 Å². The number of halogens is 1. The number of hydrogen-bond acceptors (Lipinski definition) is 6. The predicted octanol–water partition coefficient (Wildman–Crippen LogP) is 4.41. The van der Waals surface area contributed by atoms with Crippen molar-refractivity contribution in [1.29, 1.82) is 0 Å². The van der Waals surface area contributed by atoms with Crippen molar-refractivity contribution in [3.63, 3.8) is 0 Å². The summed E-state index contributed by atoms with van der Waals surface area (Å²) in [7, 11) is 0. The van der Waals surface area contributed by atoms with Gasteiger partial charge < -0.3 is 4.57 Å². The van der Waals surface area contributed by atoms with Gasteiger partial charge in [0.2, 0.25) is 0 Å². The zero-order valence-electron chi connectivity index (χ0n) is 16.3. The summed E-state index contributed by atoms with van der Waals surface area (Å²) in [4.78, 5) is 17.6. The second-order valence-corrected chi connectivity index (χ2v) is 8.94. The standard InChI is InChI=1S/C20H20FN5OS2/c1-12(2)9-25-18(15-6-4-5-7-16(15)21)23-24-20(25)29-11-14-8-17(27)26-13(3)10-28-19(26)22-14/h4-8,10,12H,9,11H2,1-3H3. The number of nitrogens with zero attached hydrogens (tertiary/aromatic N) is 5. The number of thiazole rings is 1. The molecule has 0 aliphatic rings. The highest BCUT2D eigenvalue weighted by atomic mass is 32.2. The quantitative estimate of drug-likeness (QED) is 0.425. The Morgan fingerprint density at radius 1 is 1.24 bits per heavy atom. The van der Waals surface area contributed by atoms with Gasteiger partial charge in [-0.1, -0.05) is 37.7 Å². The molecular weight excluding hydrogens is 409 g/mol. The van der Waals surface area contributed by atoms with Gasteiger partial charge in [0.1, 0.15) is 5.82 Å². The molecule has 0 amide bonds. The van der Waals surface area contributed by atoms with Gasteiger partial charge in [0, 0.05) is 29.4 Å². The molecule has 3 aromatic heterocycles. The number of hydrogen-bond donors (Lipinski definition) is 0. The first kappa shape index (κ1) is 19.8. The number of aromatic nitrogens is 5. The minimum absolute atomic E-state index is 0.0833. The summed E-state index contributed by atoms with van der Waals surface area (Å²) in [6.45, 7) is 6.74. The number of aryl methyl sites for hydroxylation is 1. The van der Waals surface area contributed by atoms with Crippen molar-refractivity contribution in [1.82, 2.24) is 24.1 Å². The molecule has 0 radical (unpaired) electrons. The van der Waals surface area contributed by atoms with Gasteiger partial charge in [-0.15, -0.1) is 21.5 Å². The monoisotopic (exact) mass is 429 g/mol. The summed E-state index contributed by atoms with van der Waals surface area (Å²) < 4.78 is 17.9. The molecule has 0 aliphatic heterocycles. The summed E-state index contributed by atoms with van der Waals surface area (Å²) in [5, 5.41) is 11.1. The topological polar surface area (TPSA) is 65.1 Å². The van der Waals surface area contributed by atoms with E-state index in [0.717, 1.165) is 5.69 Å². The summed E-state index contributed by atoms with van der Waals surface area (Å²) >= 11 is 2.89. The van der Waals surface area contributed by atoms with Gasteiger partial charge in [0.05, 0.1) is 11.3 Å². The lowest BCUT2D eigenvalue weighted by Gasteiger charge is -2.12. The van der Waals surface area contributed by atoms with Crippen molar-refractivity contribution < 1.29 is 4.39 Å². The molecule has 0 fully saturated rings. The van der Waals surface area contributed by atoms with Gasteiger partial charge in [-0.2, -0.15) is 0 Å². The van der Waals surface area contributed by atoms with E-state index in [4.69, 9.17) is 0 Å². The second kappa shape index (κ2) is 8.08. The minimum atomic E-state index is -0.324. The molecule has 0 aliphatic carbocycles. The van der Waals surface area contributed by atoms with Gasteiger partial charge in [0.25, 0.3) is 5.56 Å². The fourth-order valence-electron chi connectivity index (χ4n) is 3.08. The smallest absolute Gasteiger partial charge is 0.258 e. The highest BCUT2D eigenvalue weighted by Crippen LogP contribution is 2.28. The van der Waals surface area contributed by atoms with Crippen molar-refractivity contribution in [2.24, 2.45) is 5.92 Å². The lowest BCUT2D eigenvalue weighted by Crippen LogP contribution is -2.14. The zero-order valence-corrected chi connectivity index (χ0v) is 17.9. The van der Waals surface area contributed by atoms with E-state index in [-0.39, 0.29) is 11.4 Å². The fraction of sp³-hybridized carbons (Fsp3) is 0.300. The maximum atomic E-state index is 14.3. The summed E-state index contributed by atoms with van der Waals surface area (Å²) in [5.74, 6) is 1.01. The lowest BCUT2D eigenvalue weighted by molar-refractivity contribution is 0.496. The molecule has 150 valence electrons. The normalized spacial score (nSPS) is 11.6. The second-order valence-electron chi connectivity index (χ2n) is 7.16. The van der Waals surface area contributed by atoms with Crippen molar-refractivity contribution in [3.8, 4) is 11.4 Å². The Morgan fingerprint density at radius 3 is 2.79 bits per heavy atom. The summed E-state index contributed by atoms with van der Waals surface area (Å²) in [6.07, 6.45) is 0. The van der Waals surface area contributed by atoms with Crippen molar-refractivity contribution in [2.75, 3.05) is 0 Å². The van der Waals surface area contributed by atoms with Crippen LogP contribution < -0.4 is 5.56 Å². The molecule has 1 aromatic carbocycles. The molecule has 29 heavy (non-hydrogen) atoms. The van der Waals surface area contributed by atoms with Gasteiger partial charge in [-0.3, -0.25) is 9.20 Å². The van der Waals surface area contributed by atoms with E-state index >= 15 is 0 Å². The summed E-state index contributed by atoms with van der Waals surface area (Å²) in [5.41, 5.74) is 1.92. The Labute approximate surface area is 175 Å². The van der Waals surface area contributed by atoms with E-state index in [2.05, 4.69) is 29.0 Å². The van der Waals surface area contributed by atoms with Crippen molar-refractivity contribution in [2.45, 2.75) is 38.2 Å². The molecule has 6 nitrogen and oxygen atoms in total. The van der Waals surface area contributed by atoms with E-state index in [1.54, 1.807) is 28.7 Å². The number of thioether (sulfide) groups is 1. The van der Waals surface area contributed by atoms with Crippen LogP contribution >= 0.6 is 23.1 Å². The Morgan fingerprint density at radius 2 is 2.03 bits per heavy atom. The van der Waals surface area contributed by atoms with Crippen LogP contribution in [0.3, 0.4) is 0 Å². The van der Waals surface area contributed by atoms with E-state index in [1.807, 2.05) is 16.9 Å².